The van der Waals surface area contributed by atoms with Gasteiger partial charge in [-0.3, -0.25) is 14.4 Å². The van der Waals surface area contributed by atoms with Gasteiger partial charge in [0.05, 0.1) is 12.0 Å². The number of fused-ring (bicyclic) bond motifs is 1. The van der Waals surface area contributed by atoms with Gasteiger partial charge in [-0.25, -0.2) is 0 Å². The molecule has 0 unspecified atom stereocenters. The molecule has 2 N–H and O–H groups in total. The zero-order valence-corrected chi connectivity index (χ0v) is 14.4. The average molecular weight is 343 g/mol. The van der Waals surface area contributed by atoms with Gasteiger partial charge in [-0.15, -0.1) is 0 Å². The molecule has 4 rings (SSSR count). The number of carbonyl (C=O) groups excluding carboxylic acids is 2. The lowest BCUT2D eigenvalue weighted by Crippen LogP contribution is -2.39. The van der Waals surface area contributed by atoms with E-state index in [0.717, 1.165) is 43.4 Å². The van der Waals surface area contributed by atoms with Crippen molar-refractivity contribution < 1.29 is 9.59 Å². The molecule has 3 aliphatic rings. The molecule has 0 aromatic carbocycles. The van der Waals surface area contributed by atoms with Crippen LogP contribution in [0.1, 0.15) is 62.2 Å². The summed E-state index contributed by atoms with van der Waals surface area (Å²) in [4.78, 5) is 41.4. The van der Waals surface area contributed by atoms with Gasteiger partial charge in [0.25, 0.3) is 0 Å². The van der Waals surface area contributed by atoms with E-state index in [1.807, 2.05) is 11.0 Å². The molecule has 6 heteroatoms. The molecule has 2 amide bonds. The van der Waals surface area contributed by atoms with Crippen molar-refractivity contribution in [2.45, 2.75) is 63.5 Å². The maximum Gasteiger partial charge on any atom is 0.248 e. The Labute approximate surface area is 147 Å². The summed E-state index contributed by atoms with van der Waals surface area (Å²) >= 11 is 0. The van der Waals surface area contributed by atoms with E-state index in [4.69, 9.17) is 0 Å². The molecule has 6 nitrogen and oxygen atoms in total. The second kappa shape index (κ2) is 6.65. The van der Waals surface area contributed by atoms with Gasteiger partial charge >= 0.3 is 0 Å². The van der Waals surface area contributed by atoms with Crippen LogP contribution in [0.15, 0.2) is 16.9 Å². The minimum atomic E-state index is -0.249. The molecule has 25 heavy (non-hydrogen) atoms. The van der Waals surface area contributed by atoms with Crippen LogP contribution >= 0.6 is 0 Å². The molecule has 2 fully saturated rings. The third-order valence-electron chi connectivity index (χ3n) is 5.94. The Morgan fingerprint density at radius 2 is 1.92 bits per heavy atom. The highest BCUT2D eigenvalue weighted by Crippen LogP contribution is 2.31. The Morgan fingerprint density at radius 1 is 1.12 bits per heavy atom. The number of rotatable bonds is 3. The van der Waals surface area contributed by atoms with Gasteiger partial charge in [-0.1, -0.05) is 12.8 Å². The van der Waals surface area contributed by atoms with Gasteiger partial charge in [0.2, 0.25) is 17.4 Å². The first-order valence-electron chi connectivity index (χ1n) is 9.44. The number of hydrogen-bond acceptors (Lipinski definition) is 3. The molecule has 1 aliphatic heterocycles. The van der Waals surface area contributed by atoms with Crippen molar-refractivity contribution in [1.82, 2.24) is 15.2 Å². The summed E-state index contributed by atoms with van der Waals surface area (Å²) in [5, 5.41) is 3.13. The smallest absolute Gasteiger partial charge is 0.248 e. The van der Waals surface area contributed by atoms with Gasteiger partial charge in [0, 0.05) is 30.8 Å². The molecule has 1 saturated carbocycles. The Morgan fingerprint density at radius 3 is 2.72 bits per heavy atom. The Bertz CT molecular complexity index is 736. The van der Waals surface area contributed by atoms with Gasteiger partial charge < -0.3 is 15.2 Å². The number of carbonyl (C=O) groups is 2. The minimum Gasteiger partial charge on any atom is -0.349 e. The molecule has 2 aliphatic carbocycles. The fraction of sp³-hybridized carbons (Fsp3) is 0.632. The fourth-order valence-electron chi connectivity index (χ4n) is 4.62. The Kier molecular flexibility index (Phi) is 4.36. The van der Waals surface area contributed by atoms with Crippen LogP contribution in [-0.4, -0.2) is 34.3 Å². The zero-order chi connectivity index (χ0) is 17.4. The summed E-state index contributed by atoms with van der Waals surface area (Å²) in [6, 6.07) is 3.61. The van der Waals surface area contributed by atoms with Gasteiger partial charge in [-0.2, -0.15) is 0 Å². The number of nitrogens with one attached hydrogen (secondary N) is 2. The number of pyridine rings is 1. The molecule has 0 spiro atoms. The summed E-state index contributed by atoms with van der Waals surface area (Å²) in [6.45, 7) is 0.556. The second-order valence-corrected chi connectivity index (χ2v) is 7.60. The molecular formula is C19H25N3O3. The summed E-state index contributed by atoms with van der Waals surface area (Å²) < 4.78 is 0. The number of hydrogen-bond donors (Lipinski definition) is 2. The lowest BCUT2D eigenvalue weighted by molar-refractivity contribution is -0.130. The Hall–Kier alpha value is -2.11. The van der Waals surface area contributed by atoms with E-state index in [1.54, 1.807) is 0 Å². The van der Waals surface area contributed by atoms with Crippen LogP contribution < -0.4 is 10.9 Å². The summed E-state index contributed by atoms with van der Waals surface area (Å²) in [7, 11) is 0. The van der Waals surface area contributed by atoms with Gasteiger partial charge in [-0.05, 0) is 43.7 Å². The summed E-state index contributed by atoms with van der Waals surface area (Å²) in [6.07, 6.45) is 7.49. The highest BCUT2D eigenvalue weighted by molar-refractivity contribution is 5.89. The standard InChI is InChI=1S/C19H25N3O3/c23-17-9-8-14-15(20-17)6-3-7-16(14)21-19(25)12-10-18(24)22(11-12)13-4-1-2-5-13/h8-9,12-13,16H,1-7,10-11H2,(H,20,23)(H,21,25)/t12-,16-/m1/s1. The molecule has 1 aromatic rings. The van der Waals surface area contributed by atoms with Crippen molar-refractivity contribution in [2.75, 3.05) is 6.54 Å². The molecule has 1 aromatic heterocycles. The van der Waals surface area contributed by atoms with Crippen molar-refractivity contribution >= 4 is 11.8 Å². The largest absolute Gasteiger partial charge is 0.349 e. The average Bonchev–Trinajstić information content (AvgIpc) is 3.24. The molecule has 1 saturated heterocycles. The van der Waals surface area contributed by atoms with Crippen molar-refractivity contribution in [3.05, 3.63) is 33.7 Å². The normalized spacial score (nSPS) is 26.7. The number of nitrogens with zero attached hydrogens (tertiary/aromatic N) is 1. The van der Waals surface area contributed by atoms with Gasteiger partial charge in [0.1, 0.15) is 0 Å². The molecule has 2 atom stereocenters. The first-order valence-corrected chi connectivity index (χ1v) is 9.44. The van der Waals surface area contributed by atoms with E-state index in [0.29, 0.717) is 19.0 Å². The quantitative estimate of drug-likeness (QED) is 0.876. The monoisotopic (exact) mass is 343 g/mol. The molecule has 134 valence electrons. The van der Waals surface area contributed by atoms with Crippen molar-refractivity contribution in [1.29, 1.82) is 0 Å². The molecule has 0 radical (unpaired) electrons. The van der Waals surface area contributed by atoms with Crippen LogP contribution in [0, 0.1) is 5.92 Å². The number of aromatic amines is 1. The van der Waals surface area contributed by atoms with Gasteiger partial charge in [0.15, 0.2) is 0 Å². The van der Waals surface area contributed by atoms with Crippen LogP contribution in [0.2, 0.25) is 0 Å². The second-order valence-electron chi connectivity index (χ2n) is 7.60. The van der Waals surface area contributed by atoms with Crippen LogP contribution in [0.5, 0.6) is 0 Å². The van der Waals surface area contributed by atoms with Crippen molar-refractivity contribution in [3.8, 4) is 0 Å². The van der Waals surface area contributed by atoms with Crippen LogP contribution in [0.25, 0.3) is 0 Å². The number of H-pyrrole nitrogens is 1. The number of amides is 2. The summed E-state index contributed by atoms with van der Waals surface area (Å²) in [5.41, 5.74) is 1.84. The molecule has 2 heterocycles. The maximum atomic E-state index is 12.7. The fourth-order valence-corrected chi connectivity index (χ4v) is 4.62. The number of aromatic nitrogens is 1. The van der Waals surface area contributed by atoms with Crippen LogP contribution in [-0.2, 0) is 16.0 Å². The topological polar surface area (TPSA) is 82.3 Å². The van der Waals surface area contributed by atoms with Crippen LogP contribution in [0.3, 0.4) is 0 Å². The van der Waals surface area contributed by atoms with Crippen molar-refractivity contribution in [2.24, 2.45) is 5.92 Å². The van der Waals surface area contributed by atoms with E-state index in [-0.39, 0.29) is 29.3 Å². The number of aryl methyl sites for hydroxylation is 1. The third kappa shape index (κ3) is 3.22. The maximum absolute atomic E-state index is 12.7. The Balaban J connectivity index is 1.43. The summed E-state index contributed by atoms with van der Waals surface area (Å²) in [5.74, 6) is -0.153. The number of likely N-dealkylation sites (tertiary alicyclic amines) is 1. The zero-order valence-electron chi connectivity index (χ0n) is 14.4. The highest BCUT2D eigenvalue weighted by atomic mass is 16.2. The first kappa shape index (κ1) is 16.4. The van der Waals surface area contributed by atoms with E-state index in [1.165, 1.54) is 18.9 Å². The highest BCUT2D eigenvalue weighted by Gasteiger charge is 2.39. The lowest BCUT2D eigenvalue weighted by Gasteiger charge is -2.27. The molecule has 0 bridgehead atoms. The minimum absolute atomic E-state index is 0.0297. The predicted molar refractivity (Wildman–Crippen MR) is 93.0 cm³/mol. The predicted octanol–water partition coefficient (Wildman–Crippen LogP) is 1.66. The van der Waals surface area contributed by atoms with E-state index in [9.17, 15) is 14.4 Å². The molecular weight excluding hydrogens is 318 g/mol. The van der Waals surface area contributed by atoms with Crippen LogP contribution in [0.4, 0.5) is 0 Å². The lowest BCUT2D eigenvalue weighted by atomic mass is 9.91. The SMILES string of the molecule is O=C(N[C@@H]1CCCc2[nH]c(=O)ccc21)[C@@H]1CC(=O)N(C2CCCC2)C1. The van der Waals surface area contributed by atoms with E-state index >= 15 is 0 Å². The third-order valence-corrected chi connectivity index (χ3v) is 5.94. The van der Waals surface area contributed by atoms with Crippen molar-refractivity contribution in [3.63, 3.8) is 0 Å². The van der Waals surface area contributed by atoms with E-state index in [2.05, 4.69) is 10.3 Å². The van der Waals surface area contributed by atoms with E-state index < -0.39 is 0 Å². The first-order chi connectivity index (χ1) is 12.1.